The summed E-state index contributed by atoms with van der Waals surface area (Å²) in [6.45, 7) is 1.87. The van der Waals surface area contributed by atoms with Gasteiger partial charge in [0.1, 0.15) is 6.61 Å². The monoisotopic (exact) mass is 299 g/mol. The van der Waals surface area contributed by atoms with Crippen LogP contribution in [0, 0.1) is 0 Å². The van der Waals surface area contributed by atoms with Gasteiger partial charge in [-0.1, -0.05) is 60.7 Å². The molecule has 0 aliphatic rings. The molecule has 0 saturated heterocycles. The van der Waals surface area contributed by atoms with E-state index in [0.717, 1.165) is 11.1 Å². The van der Waals surface area contributed by atoms with Crippen LogP contribution in [-0.2, 0) is 17.8 Å². The number of carbonyl (C=O) groups is 1. The molecule has 0 saturated carbocycles. The zero-order valence-electron chi connectivity index (χ0n) is 12.6. The van der Waals surface area contributed by atoms with E-state index in [9.17, 15) is 9.90 Å². The molecule has 22 heavy (non-hydrogen) atoms. The summed E-state index contributed by atoms with van der Waals surface area (Å²) in [4.78, 5) is 11.9. The summed E-state index contributed by atoms with van der Waals surface area (Å²) >= 11 is 0. The second kappa shape index (κ2) is 8.20. The van der Waals surface area contributed by atoms with Crippen LogP contribution in [0.3, 0.4) is 0 Å². The summed E-state index contributed by atoms with van der Waals surface area (Å²) < 4.78 is 5.19. The molecule has 0 bridgehead atoms. The van der Waals surface area contributed by atoms with Crippen LogP contribution >= 0.6 is 0 Å². The average Bonchev–Trinajstić information content (AvgIpc) is 2.54. The third-order valence-electron chi connectivity index (χ3n) is 3.40. The zero-order chi connectivity index (χ0) is 15.8. The van der Waals surface area contributed by atoms with Crippen molar-refractivity contribution < 1.29 is 14.6 Å². The van der Waals surface area contributed by atoms with E-state index in [1.807, 2.05) is 60.7 Å². The number of nitrogens with one attached hydrogen (secondary N) is 1. The lowest BCUT2D eigenvalue weighted by molar-refractivity contribution is 0.109. The van der Waals surface area contributed by atoms with Gasteiger partial charge in [-0.15, -0.1) is 0 Å². The molecule has 0 aliphatic heterocycles. The van der Waals surface area contributed by atoms with E-state index in [1.54, 1.807) is 6.92 Å². The van der Waals surface area contributed by atoms with Crippen molar-refractivity contribution in [3.63, 3.8) is 0 Å². The molecule has 2 aromatic rings. The van der Waals surface area contributed by atoms with Crippen LogP contribution in [0.4, 0.5) is 4.79 Å². The molecule has 0 unspecified atom stereocenters. The fourth-order valence-electron chi connectivity index (χ4n) is 2.13. The van der Waals surface area contributed by atoms with Gasteiger partial charge in [-0.3, -0.25) is 0 Å². The average molecular weight is 299 g/mol. The van der Waals surface area contributed by atoms with Gasteiger partial charge in [-0.2, -0.15) is 0 Å². The second-order valence-electron chi connectivity index (χ2n) is 5.24. The largest absolute Gasteiger partial charge is 0.445 e. The summed E-state index contributed by atoms with van der Waals surface area (Å²) in [5.74, 6) is 0. The molecule has 0 aliphatic carbocycles. The summed E-state index contributed by atoms with van der Waals surface area (Å²) in [7, 11) is 0. The van der Waals surface area contributed by atoms with Crippen LogP contribution in [0.15, 0.2) is 60.7 Å². The van der Waals surface area contributed by atoms with E-state index >= 15 is 0 Å². The second-order valence-corrected chi connectivity index (χ2v) is 5.24. The lowest BCUT2D eigenvalue weighted by atomic mass is 10.0. The molecule has 0 radical (unpaired) electrons. The SMILES string of the molecule is C[C@H](O)[C@H](Cc1ccccc1)NC(=O)OCc1ccccc1. The Balaban J connectivity index is 1.86. The molecule has 0 aromatic heterocycles. The Kier molecular flexibility index (Phi) is 5.98. The van der Waals surface area contributed by atoms with Crippen LogP contribution in [0.25, 0.3) is 0 Å². The maximum atomic E-state index is 11.9. The Bertz CT molecular complexity index is 569. The smallest absolute Gasteiger partial charge is 0.407 e. The number of benzene rings is 2. The van der Waals surface area contributed by atoms with Crippen molar-refractivity contribution in [3.8, 4) is 0 Å². The van der Waals surface area contributed by atoms with Gasteiger partial charge in [0.05, 0.1) is 12.1 Å². The number of carbonyl (C=O) groups excluding carboxylic acids is 1. The van der Waals surface area contributed by atoms with Crippen molar-refractivity contribution in [1.82, 2.24) is 5.32 Å². The minimum absolute atomic E-state index is 0.213. The summed E-state index contributed by atoms with van der Waals surface area (Å²) in [5, 5.41) is 12.6. The molecule has 2 aromatic carbocycles. The molecule has 4 nitrogen and oxygen atoms in total. The highest BCUT2D eigenvalue weighted by molar-refractivity contribution is 5.67. The first kappa shape index (κ1) is 16.0. The number of aliphatic hydroxyl groups excluding tert-OH is 1. The van der Waals surface area contributed by atoms with E-state index in [0.29, 0.717) is 6.42 Å². The number of hydrogen-bond donors (Lipinski definition) is 2. The zero-order valence-corrected chi connectivity index (χ0v) is 12.6. The Morgan fingerprint density at radius 3 is 2.14 bits per heavy atom. The third-order valence-corrected chi connectivity index (χ3v) is 3.40. The van der Waals surface area contributed by atoms with Crippen molar-refractivity contribution in [2.75, 3.05) is 0 Å². The Morgan fingerprint density at radius 1 is 1.05 bits per heavy atom. The lowest BCUT2D eigenvalue weighted by Gasteiger charge is -2.21. The van der Waals surface area contributed by atoms with E-state index in [1.165, 1.54) is 0 Å². The molecular weight excluding hydrogens is 278 g/mol. The van der Waals surface area contributed by atoms with Gasteiger partial charge in [-0.25, -0.2) is 4.79 Å². The van der Waals surface area contributed by atoms with Crippen molar-refractivity contribution >= 4 is 6.09 Å². The lowest BCUT2D eigenvalue weighted by Crippen LogP contribution is -2.43. The predicted molar refractivity (Wildman–Crippen MR) is 85.4 cm³/mol. The molecule has 0 spiro atoms. The quantitative estimate of drug-likeness (QED) is 0.862. The van der Waals surface area contributed by atoms with Gasteiger partial charge in [0.15, 0.2) is 0 Å². The van der Waals surface area contributed by atoms with E-state index in [-0.39, 0.29) is 12.6 Å². The van der Waals surface area contributed by atoms with Crippen LogP contribution in [-0.4, -0.2) is 23.3 Å². The highest BCUT2D eigenvalue weighted by atomic mass is 16.5. The Morgan fingerprint density at radius 2 is 1.59 bits per heavy atom. The first-order valence-electron chi connectivity index (χ1n) is 7.34. The minimum atomic E-state index is -0.663. The fourth-order valence-corrected chi connectivity index (χ4v) is 2.13. The molecular formula is C18H21NO3. The van der Waals surface area contributed by atoms with Crippen LogP contribution in [0.5, 0.6) is 0 Å². The number of ether oxygens (including phenoxy) is 1. The number of amides is 1. The van der Waals surface area contributed by atoms with Crippen molar-refractivity contribution in [3.05, 3.63) is 71.8 Å². The number of alkyl carbamates (subject to hydrolysis) is 1. The molecule has 1 amide bonds. The summed E-state index contributed by atoms with van der Waals surface area (Å²) in [6.07, 6.45) is -0.631. The highest BCUT2D eigenvalue weighted by Gasteiger charge is 2.18. The third kappa shape index (κ3) is 5.22. The van der Waals surface area contributed by atoms with Gasteiger partial charge in [-0.05, 0) is 24.5 Å². The standard InChI is InChI=1S/C18H21NO3/c1-14(20)17(12-15-8-4-2-5-9-15)19-18(21)22-13-16-10-6-3-7-11-16/h2-11,14,17,20H,12-13H2,1H3,(H,19,21)/t14-,17-/m0/s1. The maximum Gasteiger partial charge on any atom is 0.407 e. The molecule has 0 fully saturated rings. The van der Waals surface area contributed by atoms with Gasteiger partial charge in [0, 0.05) is 0 Å². The number of hydrogen-bond acceptors (Lipinski definition) is 3. The first-order chi connectivity index (χ1) is 10.6. The van der Waals surface area contributed by atoms with Crippen molar-refractivity contribution in [2.24, 2.45) is 0 Å². The predicted octanol–water partition coefficient (Wildman–Crippen LogP) is 2.90. The molecule has 2 atom stereocenters. The van der Waals surface area contributed by atoms with E-state index in [4.69, 9.17) is 4.74 Å². The highest BCUT2D eigenvalue weighted by Crippen LogP contribution is 2.07. The summed E-state index contributed by atoms with van der Waals surface area (Å²) in [5.41, 5.74) is 1.98. The fraction of sp³-hybridized carbons (Fsp3) is 0.278. The number of aliphatic hydroxyl groups is 1. The van der Waals surface area contributed by atoms with Gasteiger partial charge >= 0.3 is 6.09 Å². The van der Waals surface area contributed by atoms with Gasteiger partial charge < -0.3 is 15.2 Å². The molecule has 2 rings (SSSR count). The van der Waals surface area contributed by atoms with E-state index < -0.39 is 12.2 Å². The Hall–Kier alpha value is -2.33. The molecule has 4 heteroatoms. The van der Waals surface area contributed by atoms with E-state index in [2.05, 4.69) is 5.32 Å². The van der Waals surface area contributed by atoms with Crippen molar-refractivity contribution in [2.45, 2.75) is 32.1 Å². The van der Waals surface area contributed by atoms with Crippen LogP contribution in [0.1, 0.15) is 18.1 Å². The van der Waals surface area contributed by atoms with Crippen LogP contribution < -0.4 is 5.32 Å². The first-order valence-corrected chi connectivity index (χ1v) is 7.34. The molecule has 0 heterocycles. The molecule has 116 valence electrons. The topological polar surface area (TPSA) is 58.6 Å². The van der Waals surface area contributed by atoms with Crippen LogP contribution in [0.2, 0.25) is 0 Å². The maximum absolute atomic E-state index is 11.9. The van der Waals surface area contributed by atoms with Gasteiger partial charge in [0.2, 0.25) is 0 Å². The summed E-state index contributed by atoms with van der Waals surface area (Å²) in [6, 6.07) is 18.8. The molecule has 2 N–H and O–H groups in total. The Labute approximate surface area is 130 Å². The van der Waals surface area contributed by atoms with Crippen molar-refractivity contribution in [1.29, 1.82) is 0 Å². The number of rotatable bonds is 6. The normalized spacial score (nSPS) is 13.2. The van der Waals surface area contributed by atoms with Gasteiger partial charge in [0.25, 0.3) is 0 Å². The minimum Gasteiger partial charge on any atom is -0.445 e.